The van der Waals surface area contributed by atoms with Crippen molar-refractivity contribution in [1.82, 2.24) is 14.5 Å². The number of hydrogen-bond acceptors (Lipinski definition) is 5. The van der Waals surface area contributed by atoms with E-state index >= 15 is 0 Å². The first-order valence-corrected chi connectivity index (χ1v) is 11.1. The van der Waals surface area contributed by atoms with Crippen molar-refractivity contribution in [3.8, 4) is 6.07 Å². The fourth-order valence-corrected chi connectivity index (χ4v) is 5.43. The van der Waals surface area contributed by atoms with Gasteiger partial charge in [0, 0.05) is 29.7 Å². The van der Waals surface area contributed by atoms with Gasteiger partial charge in [-0.3, -0.25) is 9.59 Å². The van der Waals surface area contributed by atoms with Crippen LogP contribution in [-0.4, -0.2) is 32.8 Å². The summed E-state index contributed by atoms with van der Waals surface area (Å²) >= 11 is 1.42. The van der Waals surface area contributed by atoms with Crippen LogP contribution in [0.1, 0.15) is 33.9 Å². The standard InChI is InChI=1S/C23H21N5O2S/c24-11-19-16-6-8-28(21(29)13-27-9-7-25-14-27)12-20(16)31-23(19)26-22(30)18-10-17(18)15-4-2-1-3-5-15/h1-5,7,9,14,17-18H,6,8,10,12-13H2,(H,26,30)/t17-,18-/m0/s1. The smallest absolute Gasteiger partial charge is 0.242 e. The lowest BCUT2D eigenvalue weighted by Gasteiger charge is -2.27. The second-order valence-corrected chi connectivity index (χ2v) is 9.07. The van der Waals surface area contributed by atoms with Gasteiger partial charge in [0.25, 0.3) is 0 Å². The molecule has 3 heterocycles. The molecule has 1 aromatic carbocycles. The number of amides is 2. The molecule has 3 aromatic rings. The van der Waals surface area contributed by atoms with Crippen LogP contribution in [0.3, 0.4) is 0 Å². The van der Waals surface area contributed by atoms with Gasteiger partial charge < -0.3 is 14.8 Å². The maximum absolute atomic E-state index is 12.8. The topological polar surface area (TPSA) is 91.0 Å². The van der Waals surface area contributed by atoms with Crippen molar-refractivity contribution in [3.63, 3.8) is 0 Å². The maximum atomic E-state index is 12.8. The van der Waals surface area contributed by atoms with Gasteiger partial charge in [-0.15, -0.1) is 11.3 Å². The molecule has 1 aliphatic heterocycles. The summed E-state index contributed by atoms with van der Waals surface area (Å²) in [5.41, 5.74) is 2.69. The first-order valence-electron chi connectivity index (χ1n) is 10.3. The molecule has 1 saturated carbocycles. The van der Waals surface area contributed by atoms with Crippen LogP contribution in [-0.2, 0) is 29.1 Å². The Labute approximate surface area is 183 Å². The highest BCUT2D eigenvalue weighted by atomic mass is 32.1. The molecule has 0 unspecified atom stereocenters. The van der Waals surface area contributed by atoms with E-state index in [1.165, 1.54) is 16.9 Å². The summed E-state index contributed by atoms with van der Waals surface area (Å²) < 4.78 is 1.75. The molecule has 31 heavy (non-hydrogen) atoms. The van der Waals surface area contributed by atoms with E-state index in [4.69, 9.17) is 0 Å². The zero-order valence-corrected chi connectivity index (χ0v) is 17.6. The second kappa shape index (κ2) is 8.00. The largest absolute Gasteiger partial charge is 0.336 e. The highest BCUT2D eigenvalue weighted by Gasteiger charge is 2.44. The first kappa shape index (κ1) is 19.5. The van der Waals surface area contributed by atoms with Crippen molar-refractivity contribution < 1.29 is 9.59 Å². The minimum absolute atomic E-state index is 0.0184. The molecule has 7 nitrogen and oxygen atoms in total. The van der Waals surface area contributed by atoms with Gasteiger partial charge in [0.2, 0.25) is 11.8 Å². The van der Waals surface area contributed by atoms with Crippen LogP contribution in [0.5, 0.6) is 0 Å². The van der Waals surface area contributed by atoms with Crippen molar-refractivity contribution in [2.75, 3.05) is 11.9 Å². The number of fused-ring (bicyclic) bond motifs is 1. The van der Waals surface area contributed by atoms with Gasteiger partial charge in [-0.1, -0.05) is 30.3 Å². The molecule has 0 bridgehead atoms. The molecule has 1 N–H and O–H groups in total. The number of carbonyl (C=O) groups is 2. The number of rotatable bonds is 5. The number of carbonyl (C=O) groups excluding carboxylic acids is 2. The minimum atomic E-state index is -0.0543. The molecular formula is C23H21N5O2S. The Morgan fingerprint density at radius 2 is 2.13 bits per heavy atom. The molecule has 2 aliphatic rings. The Hall–Kier alpha value is -3.44. The van der Waals surface area contributed by atoms with Crippen molar-refractivity contribution in [3.05, 3.63) is 70.6 Å². The van der Waals surface area contributed by atoms with Gasteiger partial charge in [0.05, 0.1) is 18.4 Å². The fourth-order valence-electron chi connectivity index (χ4n) is 4.22. The summed E-state index contributed by atoms with van der Waals surface area (Å²) in [7, 11) is 0. The number of hydrogen-bond donors (Lipinski definition) is 1. The second-order valence-electron chi connectivity index (χ2n) is 7.97. The summed E-state index contributed by atoms with van der Waals surface area (Å²) in [5, 5.41) is 13.3. The van der Waals surface area contributed by atoms with E-state index in [1.54, 1.807) is 28.2 Å². The number of imidazole rings is 1. The monoisotopic (exact) mass is 431 g/mol. The summed E-state index contributed by atoms with van der Waals surface area (Å²) in [6, 6.07) is 12.3. The van der Waals surface area contributed by atoms with E-state index < -0.39 is 0 Å². The van der Waals surface area contributed by atoms with Crippen LogP contribution in [0.4, 0.5) is 5.00 Å². The molecule has 2 atom stereocenters. The number of nitrogens with zero attached hydrogens (tertiary/aromatic N) is 4. The maximum Gasteiger partial charge on any atom is 0.242 e. The van der Waals surface area contributed by atoms with Crippen LogP contribution in [0, 0.1) is 17.2 Å². The predicted octanol–water partition coefficient (Wildman–Crippen LogP) is 3.14. The lowest BCUT2D eigenvalue weighted by molar-refractivity contribution is -0.132. The van der Waals surface area contributed by atoms with E-state index in [0.717, 1.165) is 16.9 Å². The minimum Gasteiger partial charge on any atom is -0.336 e. The molecule has 0 spiro atoms. The summed E-state index contributed by atoms with van der Waals surface area (Å²) in [5.74, 6) is 0.181. The SMILES string of the molecule is N#Cc1c(NC(=O)[C@H]2C[C@H]2c2ccccc2)sc2c1CCN(C(=O)Cn1ccnc1)C2. The van der Waals surface area contributed by atoms with E-state index in [2.05, 4.69) is 28.5 Å². The molecule has 2 amide bonds. The summed E-state index contributed by atoms with van der Waals surface area (Å²) in [6.45, 7) is 1.28. The molecule has 5 rings (SSSR count). The molecular weight excluding hydrogens is 410 g/mol. The summed E-state index contributed by atoms with van der Waals surface area (Å²) in [6.07, 6.45) is 6.49. The third-order valence-electron chi connectivity index (χ3n) is 5.99. The molecule has 0 saturated heterocycles. The number of benzene rings is 1. The van der Waals surface area contributed by atoms with Gasteiger partial charge in [-0.05, 0) is 29.9 Å². The van der Waals surface area contributed by atoms with Crippen molar-refractivity contribution in [2.24, 2.45) is 5.92 Å². The molecule has 1 fully saturated rings. The number of aromatic nitrogens is 2. The number of thiophene rings is 1. The Balaban J connectivity index is 1.28. The lowest BCUT2D eigenvalue weighted by Crippen LogP contribution is -2.37. The van der Waals surface area contributed by atoms with Crippen molar-refractivity contribution >= 4 is 28.2 Å². The van der Waals surface area contributed by atoms with Crippen molar-refractivity contribution in [1.29, 1.82) is 5.26 Å². The predicted molar refractivity (Wildman–Crippen MR) is 116 cm³/mol. The normalized spacial score (nSPS) is 19.4. The zero-order valence-electron chi connectivity index (χ0n) is 16.8. The zero-order chi connectivity index (χ0) is 21.4. The molecule has 156 valence electrons. The van der Waals surface area contributed by atoms with Gasteiger partial charge in [0.1, 0.15) is 17.6 Å². The molecule has 2 aromatic heterocycles. The number of anilines is 1. The number of nitriles is 1. The van der Waals surface area contributed by atoms with Gasteiger partial charge in [0.15, 0.2) is 0 Å². The van der Waals surface area contributed by atoms with Crippen LogP contribution in [0.15, 0.2) is 49.1 Å². The van der Waals surface area contributed by atoms with E-state index in [1.807, 2.05) is 18.2 Å². The van der Waals surface area contributed by atoms with E-state index in [9.17, 15) is 14.9 Å². The lowest BCUT2D eigenvalue weighted by atomic mass is 10.0. The highest BCUT2D eigenvalue weighted by molar-refractivity contribution is 7.16. The third-order valence-corrected chi connectivity index (χ3v) is 7.12. The Morgan fingerprint density at radius 3 is 2.87 bits per heavy atom. The first-order chi connectivity index (χ1) is 15.1. The van der Waals surface area contributed by atoms with Gasteiger partial charge in [-0.25, -0.2) is 4.98 Å². The Kier molecular flexibility index (Phi) is 5.04. The fraction of sp³-hybridized carbons (Fsp3) is 0.304. The Bertz CT molecular complexity index is 1160. The van der Waals surface area contributed by atoms with Crippen molar-refractivity contribution in [2.45, 2.75) is 31.8 Å². The van der Waals surface area contributed by atoms with Crippen LogP contribution >= 0.6 is 11.3 Å². The quantitative estimate of drug-likeness (QED) is 0.672. The highest BCUT2D eigenvalue weighted by Crippen LogP contribution is 2.48. The van der Waals surface area contributed by atoms with Gasteiger partial charge >= 0.3 is 0 Å². The van der Waals surface area contributed by atoms with Crippen LogP contribution in [0.25, 0.3) is 0 Å². The third kappa shape index (κ3) is 3.84. The molecule has 8 heteroatoms. The van der Waals surface area contributed by atoms with E-state index in [-0.39, 0.29) is 30.2 Å². The Morgan fingerprint density at radius 1 is 1.29 bits per heavy atom. The number of nitrogens with one attached hydrogen (secondary N) is 1. The molecule has 0 radical (unpaired) electrons. The van der Waals surface area contributed by atoms with Crippen LogP contribution < -0.4 is 5.32 Å². The van der Waals surface area contributed by atoms with Crippen LogP contribution in [0.2, 0.25) is 0 Å². The molecule has 1 aliphatic carbocycles. The average Bonchev–Trinajstić information content (AvgIpc) is 3.29. The van der Waals surface area contributed by atoms with E-state index in [0.29, 0.717) is 30.1 Å². The summed E-state index contributed by atoms with van der Waals surface area (Å²) in [4.78, 5) is 32.2. The average molecular weight is 432 g/mol. The van der Waals surface area contributed by atoms with Gasteiger partial charge in [-0.2, -0.15) is 5.26 Å².